The molecule has 3 rings (SSSR count). The molecular formula is C20H21ClF2N2OS. The normalized spacial score (nSPS) is 15.0. The second-order valence-electron chi connectivity index (χ2n) is 6.77. The van der Waals surface area contributed by atoms with E-state index in [-0.39, 0.29) is 10.6 Å². The van der Waals surface area contributed by atoms with Crippen molar-refractivity contribution < 1.29 is 13.6 Å². The summed E-state index contributed by atoms with van der Waals surface area (Å²) in [5, 5.41) is 0.258. The third-order valence-corrected chi connectivity index (χ3v) is 5.89. The van der Waals surface area contributed by atoms with E-state index in [2.05, 4.69) is 10.3 Å². The summed E-state index contributed by atoms with van der Waals surface area (Å²) < 4.78 is 28.1. The zero-order valence-electron chi connectivity index (χ0n) is 15.0. The van der Waals surface area contributed by atoms with Crippen molar-refractivity contribution in [1.29, 1.82) is 0 Å². The van der Waals surface area contributed by atoms with Crippen LogP contribution in [0.3, 0.4) is 0 Å². The third kappa shape index (κ3) is 5.21. The molecule has 2 N–H and O–H groups in total. The molecule has 2 aromatic rings. The fraction of sp³-hybridized carbons (Fsp3) is 0.350. The van der Waals surface area contributed by atoms with Gasteiger partial charge in [-0.15, -0.1) is 0 Å². The molecule has 1 amide bonds. The second-order valence-corrected chi connectivity index (χ2v) is 8.28. The number of carbonyl (C=O) groups is 1. The summed E-state index contributed by atoms with van der Waals surface area (Å²) in [4.78, 5) is 15.2. The summed E-state index contributed by atoms with van der Waals surface area (Å²) in [6, 6.07) is 7.26. The van der Waals surface area contributed by atoms with Crippen molar-refractivity contribution in [2.75, 3.05) is 0 Å². The van der Waals surface area contributed by atoms with E-state index in [1.54, 1.807) is 13.0 Å². The van der Waals surface area contributed by atoms with Gasteiger partial charge in [0.05, 0.1) is 10.6 Å². The van der Waals surface area contributed by atoms with Crippen LogP contribution in [0.25, 0.3) is 11.1 Å². The highest BCUT2D eigenvalue weighted by Gasteiger charge is 2.19. The van der Waals surface area contributed by atoms with Crippen molar-refractivity contribution in [1.82, 2.24) is 10.3 Å². The smallest absolute Gasteiger partial charge is 0.269 e. The molecule has 0 heterocycles. The molecular weight excluding hydrogens is 390 g/mol. The number of aryl methyl sites for hydroxylation is 1. The predicted molar refractivity (Wildman–Crippen MR) is 107 cm³/mol. The van der Waals surface area contributed by atoms with E-state index in [1.165, 1.54) is 55.5 Å². The lowest BCUT2D eigenvalue weighted by molar-refractivity contribution is 0.0943. The van der Waals surface area contributed by atoms with Crippen LogP contribution >= 0.6 is 23.5 Å². The van der Waals surface area contributed by atoms with Crippen LogP contribution in [0.1, 0.15) is 48.0 Å². The van der Waals surface area contributed by atoms with Crippen LogP contribution in [-0.4, -0.2) is 11.2 Å². The lowest BCUT2D eigenvalue weighted by Gasteiger charge is -2.21. The van der Waals surface area contributed by atoms with Crippen molar-refractivity contribution in [2.24, 2.45) is 0 Å². The Hall–Kier alpha value is -1.63. The van der Waals surface area contributed by atoms with Gasteiger partial charge in [-0.3, -0.25) is 10.2 Å². The SMILES string of the molecule is Cc1cc(F)cc(-c2cc(Cl)c(F)c(C(=O)NNSC3CCCCC3)c2)c1. The second kappa shape index (κ2) is 9.04. The standard InChI is InChI=1S/C20H21ClF2N2OS/c1-12-7-13(9-15(22)8-12)14-10-17(19(23)18(21)11-14)20(26)24-25-27-16-5-3-2-4-6-16/h7-11,16,25H,2-6H2,1H3,(H,24,26). The molecule has 0 aromatic heterocycles. The van der Waals surface area contributed by atoms with Crippen LogP contribution in [0.5, 0.6) is 0 Å². The summed E-state index contributed by atoms with van der Waals surface area (Å²) in [6.45, 7) is 1.76. The predicted octanol–water partition coefficient (Wildman–Crippen LogP) is 5.81. The molecule has 1 aliphatic rings. The maximum Gasteiger partial charge on any atom is 0.269 e. The lowest BCUT2D eigenvalue weighted by atomic mass is 10.0. The zero-order chi connectivity index (χ0) is 19.4. The maximum absolute atomic E-state index is 14.4. The molecule has 0 spiro atoms. The molecule has 27 heavy (non-hydrogen) atoms. The number of hydrazine groups is 1. The first-order valence-corrected chi connectivity index (χ1v) is 10.2. The third-order valence-electron chi connectivity index (χ3n) is 4.59. The highest BCUT2D eigenvalue weighted by Crippen LogP contribution is 2.29. The molecule has 1 aliphatic carbocycles. The quantitative estimate of drug-likeness (QED) is 0.482. The van der Waals surface area contributed by atoms with Gasteiger partial charge >= 0.3 is 0 Å². The summed E-state index contributed by atoms with van der Waals surface area (Å²) in [5.74, 6) is -1.81. The molecule has 0 aliphatic heterocycles. The Morgan fingerprint density at radius 2 is 1.78 bits per heavy atom. The minimum Gasteiger partial charge on any atom is -0.277 e. The molecule has 1 fully saturated rings. The van der Waals surface area contributed by atoms with E-state index in [4.69, 9.17) is 11.6 Å². The number of benzene rings is 2. The number of hydrogen-bond donors (Lipinski definition) is 2. The Labute approximate surface area is 167 Å². The first-order valence-electron chi connectivity index (χ1n) is 8.91. The van der Waals surface area contributed by atoms with Gasteiger partial charge in [-0.05, 0) is 60.7 Å². The van der Waals surface area contributed by atoms with Gasteiger partial charge in [0.15, 0.2) is 5.82 Å². The minimum absolute atomic E-state index is 0.181. The first-order chi connectivity index (χ1) is 12.9. The topological polar surface area (TPSA) is 41.1 Å². The van der Waals surface area contributed by atoms with E-state index in [9.17, 15) is 13.6 Å². The number of halogens is 3. The Bertz CT molecular complexity index is 821. The summed E-state index contributed by atoms with van der Waals surface area (Å²) >= 11 is 7.42. The molecule has 0 radical (unpaired) electrons. The van der Waals surface area contributed by atoms with Crippen molar-refractivity contribution in [3.8, 4) is 11.1 Å². The van der Waals surface area contributed by atoms with Crippen LogP contribution in [0.2, 0.25) is 5.02 Å². The van der Waals surface area contributed by atoms with E-state index >= 15 is 0 Å². The number of hydrogen-bond acceptors (Lipinski definition) is 3. The zero-order valence-corrected chi connectivity index (χ0v) is 16.5. The summed E-state index contributed by atoms with van der Waals surface area (Å²) in [6.07, 6.45) is 5.82. The van der Waals surface area contributed by atoms with Crippen LogP contribution in [-0.2, 0) is 0 Å². The molecule has 0 unspecified atom stereocenters. The van der Waals surface area contributed by atoms with Crippen molar-refractivity contribution in [3.63, 3.8) is 0 Å². The minimum atomic E-state index is -0.796. The fourth-order valence-corrected chi connectivity index (χ4v) is 4.34. The number of nitrogens with one attached hydrogen (secondary N) is 2. The van der Waals surface area contributed by atoms with Gasteiger partial charge in [0.25, 0.3) is 5.91 Å². The van der Waals surface area contributed by atoms with Gasteiger partial charge in [0.2, 0.25) is 0 Å². The van der Waals surface area contributed by atoms with Gasteiger partial charge in [-0.2, -0.15) is 4.83 Å². The Morgan fingerprint density at radius 1 is 1.07 bits per heavy atom. The average Bonchev–Trinajstić information content (AvgIpc) is 2.63. The number of carbonyl (C=O) groups excluding carboxylic acids is 1. The Morgan fingerprint density at radius 3 is 2.48 bits per heavy atom. The van der Waals surface area contributed by atoms with Crippen molar-refractivity contribution in [3.05, 3.63) is 58.1 Å². The number of rotatable bonds is 5. The molecule has 7 heteroatoms. The largest absolute Gasteiger partial charge is 0.277 e. The molecule has 0 atom stereocenters. The molecule has 0 saturated heterocycles. The van der Waals surface area contributed by atoms with Crippen LogP contribution < -0.4 is 10.3 Å². The number of amides is 1. The van der Waals surface area contributed by atoms with Gasteiger partial charge in [-0.25, -0.2) is 8.78 Å². The first kappa shape index (κ1) is 20.1. The van der Waals surface area contributed by atoms with Gasteiger partial charge in [-0.1, -0.05) is 48.9 Å². The monoisotopic (exact) mass is 410 g/mol. The van der Waals surface area contributed by atoms with Gasteiger partial charge in [0, 0.05) is 5.25 Å². The molecule has 3 nitrogen and oxygen atoms in total. The Kier molecular flexibility index (Phi) is 6.73. The van der Waals surface area contributed by atoms with Crippen molar-refractivity contribution >= 4 is 29.5 Å². The molecule has 0 bridgehead atoms. The molecule has 144 valence electrons. The lowest BCUT2D eigenvalue weighted by Crippen LogP contribution is -2.35. The summed E-state index contributed by atoms with van der Waals surface area (Å²) in [5.41, 5.74) is 4.07. The van der Waals surface area contributed by atoms with E-state index < -0.39 is 17.5 Å². The van der Waals surface area contributed by atoms with Crippen LogP contribution in [0.15, 0.2) is 30.3 Å². The fourth-order valence-electron chi connectivity index (χ4n) is 3.23. The van der Waals surface area contributed by atoms with E-state index in [0.29, 0.717) is 16.4 Å². The van der Waals surface area contributed by atoms with Crippen LogP contribution in [0, 0.1) is 18.6 Å². The molecule has 1 saturated carbocycles. The average molecular weight is 411 g/mol. The maximum atomic E-state index is 14.4. The molecule has 2 aromatic carbocycles. The highest BCUT2D eigenvalue weighted by atomic mass is 35.5. The Balaban J connectivity index is 1.75. The van der Waals surface area contributed by atoms with E-state index in [0.717, 1.165) is 18.4 Å². The van der Waals surface area contributed by atoms with Gasteiger partial charge < -0.3 is 0 Å². The van der Waals surface area contributed by atoms with E-state index in [1.807, 2.05) is 0 Å². The van der Waals surface area contributed by atoms with Crippen molar-refractivity contribution in [2.45, 2.75) is 44.3 Å². The van der Waals surface area contributed by atoms with Gasteiger partial charge in [0.1, 0.15) is 5.82 Å². The highest BCUT2D eigenvalue weighted by molar-refractivity contribution is 7.98. The summed E-state index contributed by atoms with van der Waals surface area (Å²) in [7, 11) is 0. The van der Waals surface area contributed by atoms with Crippen LogP contribution in [0.4, 0.5) is 8.78 Å².